The topological polar surface area (TPSA) is 90.0 Å². The first-order chi connectivity index (χ1) is 17.7. The molecule has 2 saturated heterocycles. The minimum atomic E-state index is -3.89. The van der Waals surface area contributed by atoms with Crippen molar-refractivity contribution in [1.29, 1.82) is 0 Å². The SMILES string of the molecule is CCCN(CCC)C[C@@H]1CCCN1C(=O)CN1CCC[C@H](NS(=O)(=O)c2cc3cc(Cl)ccc3s2)C1=O. The molecule has 0 radical (unpaired) electrons. The second-order valence-corrected chi connectivity index (χ2v) is 13.5. The predicted octanol–water partition coefficient (Wildman–Crippen LogP) is 3.94. The Morgan fingerprint density at radius 3 is 2.59 bits per heavy atom. The van der Waals surface area contributed by atoms with Crippen LogP contribution in [-0.4, -0.2) is 86.3 Å². The number of carbonyl (C=O) groups excluding carboxylic acids is 2. The van der Waals surface area contributed by atoms with Crippen LogP contribution in [0.3, 0.4) is 0 Å². The Balaban J connectivity index is 1.39. The van der Waals surface area contributed by atoms with Crippen LogP contribution in [0.15, 0.2) is 28.5 Å². The molecule has 37 heavy (non-hydrogen) atoms. The first-order valence-electron chi connectivity index (χ1n) is 13.2. The maximum Gasteiger partial charge on any atom is 0.250 e. The van der Waals surface area contributed by atoms with Gasteiger partial charge in [-0.25, -0.2) is 8.42 Å². The van der Waals surface area contributed by atoms with Crippen LogP contribution in [0.5, 0.6) is 0 Å². The molecule has 2 aliphatic rings. The van der Waals surface area contributed by atoms with Crippen molar-refractivity contribution in [2.45, 2.75) is 68.7 Å². The smallest absolute Gasteiger partial charge is 0.250 e. The van der Waals surface area contributed by atoms with Crippen molar-refractivity contribution >= 4 is 54.9 Å². The molecule has 11 heteroatoms. The summed E-state index contributed by atoms with van der Waals surface area (Å²) in [4.78, 5) is 32.4. The zero-order valence-electron chi connectivity index (χ0n) is 21.6. The van der Waals surface area contributed by atoms with Gasteiger partial charge in [0, 0.05) is 35.4 Å². The molecule has 1 N–H and O–H groups in total. The lowest BCUT2D eigenvalue weighted by atomic mass is 10.1. The highest BCUT2D eigenvalue weighted by Crippen LogP contribution is 2.31. The molecule has 1 aromatic carbocycles. The van der Waals surface area contributed by atoms with Crippen LogP contribution in [0.1, 0.15) is 52.4 Å². The van der Waals surface area contributed by atoms with Gasteiger partial charge in [0.1, 0.15) is 10.3 Å². The number of thiophene rings is 1. The lowest BCUT2D eigenvalue weighted by Gasteiger charge is -2.35. The number of hydrogen-bond acceptors (Lipinski definition) is 6. The molecule has 2 aromatic rings. The number of nitrogens with zero attached hydrogens (tertiary/aromatic N) is 3. The lowest BCUT2D eigenvalue weighted by molar-refractivity contribution is -0.143. The summed E-state index contributed by atoms with van der Waals surface area (Å²) in [6.07, 6.45) is 5.16. The van der Waals surface area contributed by atoms with Crippen molar-refractivity contribution in [1.82, 2.24) is 19.4 Å². The Labute approximate surface area is 229 Å². The number of hydrogen-bond donors (Lipinski definition) is 1. The van der Waals surface area contributed by atoms with Crippen LogP contribution in [0, 0.1) is 0 Å². The average Bonchev–Trinajstić information content (AvgIpc) is 3.49. The van der Waals surface area contributed by atoms with Crippen LogP contribution >= 0.6 is 22.9 Å². The van der Waals surface area contributed by atoms with Crippen molar-refractivity contribution in [3.63, 3.8) is 0 Å². The van der Waals surface area contributed by atoms with E-state index in [4.69, 9.17) is 11.6 Å². The van der Waals surface area contributed by atoms with E-state index in [1.807, 2.05) is 4.90 Å². The molecule has 2 atom stereocenters. The van der Waals surface area contributed by atoms with Gasteiger partial charge < -0.3 is 14.7 Å². The molecule has 1 aromatic heterocycles. The van der Waals surface area contributed by atoms with E-state index in [1.165, 1.54) is 4.90 Å². The number of halogens is 1. The largest absolute Gasteiger partial charge is 0.337 e. The minimum Gasteiger partial charge on any atom is -0.337 e. The second kappa shape index (κ2) is 12.4. The van der Waals surface area contributed by atoms with E-state index in [0.717, 1.165) is 66.7 Å². The van der Waals surface area contributed by atoms with Gasteiger partial charge in [0.25, 0.3) is 10.0 Å². The fourth-order valence-electron chi connectivity index (χ4n) is 5.41. The zero-order valence-corrected chi connectivity index (χ0v) is 24.0. The predicted molar refractivity (Wildman–Crippen MR) is 149 cm³/mol. The van der Waals surface area contributed by atoms with Crippen LogP contribution in [0.25, 0.3) is 10.1 Å². The van der Waals surface area contributed by atoms with E-state index in [-0.39, 0.29) is 28.6 Å². The van der Waals surface area contributed by atoms with E-state index in [2.05, 4.69) is 23.5 Å². The normalized spacial score (nSPS) is 20.9. The number of carbonyl (C=O) groups is 2. The number of piperidine rings is 1. The highest BCUT2D eigenvalue weighted by molar-refractivity contribution is 7.91. The summed E-state index contributed by atoms with van der Waals surface area (Å²) in [6, 6.07) is 6.10. The van der Waals surface area contributed by atoms with E-state index in [1.54, 1.807) is 24.3 Å². The van der Waals surface area contributed by atoms with Crippen molar-refractivity contribution in [3.05, 3.63) is 29.3 Å². The number of benzene rings is 1. The monoisotopic (exact) mass is 568 g/mol. The number of nitrogens with one attached hydrogen (secondary N) is 1. The fraction of sp³-hybridized carbons (Fsp3) is 0.615. The summed E-state index contributed by atoms with van der Waals surface area (Å²) in [5, 5.41) is 1.28. The average molecular weight is 569 g/mol. The first kappa shape index (κ1) is 28.3. The molecule has 0 unspecified atom stereocenters. The highest BCUT2D eigenvalue weighted by Gasteiger charge is 2.36. The number of amides is 2. The van der Waals surface area contributed by atoms with Gasteiger partial charge in [-0.05, 0) is 81.3 Å². The minimum absolute atomic E-state index is 0.00347. The second-order valence-electron chi connectivity index (χ2n) is 10.0. The van der Waals surface area contributed by atoms with E-state index in [9.17, 15) is 18.0 Å². The number of rotatable bonds is 11. The summed E-state index contributed by atoms with van der Waals surface area (Å²) in [6.45, 7) is 8.41. The van der Waals surface area contributed by atoms with E-state index < -0.39 is 16.1 Å². The van der Waals surface area contributed by atoms with Gasteiger partial charge in [-0.1, -0.05) is 25.4 Å². The summed E-state index contributed by atoms with van der Waals surface area (Å²) in [7, 11) is -3.89. The molecule has 2 amide bonds. The fourth-order valence-corrected chi connectivity index (χ4v) is 8.21. The maximum atomic E-state index is 13.3. The van der Waals surface area contributed by atoms with Gasteiger partial charge in [-0.3, -0.25) is 9.59 Å². The van der Waals surface area contributed by atoms with Gasteiger partial charge in [0.15, 0.2) is 0 Å². The van der Waals surface area contributed by atoms with Crippen molar-refractivity contribution < 1.29 is 18.0 Å². The molecule has 0 saturated carbocycles. The molecule has 4 rings (SSSR count). The van der Waals surface area contributed by atoms with Crippen molar-refractivity contribution in [3.8, 4) is 0 Å². The standard InChI is InChI=1S/C26H37ClN4O4S2/c1-3-11-29(12-4-2)17-21-7-5-14-31(21)24(32)18-30-13-6-8-22(26(30)33)28-37(34,35)25-16-19-15-20(27)9-10-23(19)36-25/h9-10,15-16,21-22,28H,3-8,11-14,17-18H2,1-2H3/t21-,22-/m0/s1. The van der Waals surface area contributed by atoms with Crippen LogP contribution in [0.2, 0.25) is 5.02 Å². The summed E-state index contributed by atoms with van der Waals surface area (Å²) in [5.41, 5.74) is 0. The van der Waals surface area contributed by atoms with Gasteiger partial charge >= 0.3 is 0 Å². The van der Waals surface area contributed by atoms with Gasteiger partial charge in [0.05, 0.1) is 6.54 Å². The third-order valence-corrected chi connectivity index (χ3v) is 10.4. The number of fused-ring (bicyclic) bond motifs is 1. The Hall–Kier alpha value is -1.72. The number of likely N-dealkylation sites (tertiary alicyclic amines) is 2. The van der Waals surface area contributed by atoms with Gasteiger partial charge in [-0.15, -0.1) is 11.3 Å². The third-order valence-electron chi connectivity index (χ3n) is 7.12. The quantitative estimate of drug-likeness (QED) is 0.443. The highest BCUT2D eigenvalue weighted by atomic mass is 35.5. The third kappa shape index (κ3) is 6.84. The first-order valence-corrected chi connectivity index (χ1v) is 15.9. The summed E-state index contributed by atoms with van der Waals surface area (Å²) in [5.74, 6) is -0.379. The molecule has 0 spiro atoms. The van der Waals surface area contributed by atoms with Crippen LogP contribution in [-0.2, 0) is 19.6 Å². The zero-order chi connectivity index (χ0) is 26.6. The molecule has 2 aliphatic heterocycles. The Morgan fingerprint density at radius 2 is 1.86 bits per heavy atom. The van der Waals surface area contributed by atoms with Crippen molar-refractivity contribution in [2.75, 3.05) is 39.3 Å². The lowest BCUT2D eigenvalue weighted by Crippen LogP contribution is -2.55. The summed E-state index contributed by atoms with van der Waals surface area (Å²) < 4.78 is 29.8. The Kier molecular flexibility index (Phi) is 9.50. The molecule has 0 aliphatic carbocycles. The van der Waals surface area contributed by atoms with Gasteiger partial charge in [0.2, 0.25) is 11.8 Å². The molecule has 3 heterocycles. The molecule has 204 valence electrons. The molecule has 0 bridgehead atoms. The Morgan fingerprint density at radius 1 is 1.14 bits per heavy atom. The van der Waals surface area contributed by atoms with Crippen LogP contribution in [0.4, 0.5) is 0 Å². The Bertz CT molecular complexity index is 1210. The molecular weight excluding hydrogens is 532 g/mol. The molecular formula is C26H37ClN4O4S2. The van der Waals surface area contributed by atoms with E-state index in [0.29, 0.717) is 31.0 Å². The summed E-state index contributed by atoms with van der Waals surface area (Å²) >= 11 is 7.18. The molecule has 2 fully saturated rings. The maximum absolute atomic E-state index is 13.3. The van der Waals surface area contributed by atoms with E-state index >= 15 is 0 Å². The van der Waals surface area contributed by atoms with Gasteiger partial charge in [-0.2, -0.15) is 4.72 Å². The molecule has 8 nitrogen and oxygen atoms in total. The van der Waals surface area contributed by atoms with Crippen molar-refractivity contribution in [2.24, 2.45) is 0 Å². The van der Waals surface area contributed by atoms with Crippen LogP contribution < -0.4 is 4.72 Å². The number of sulfonamides is 1.